The third kappa shape index (κ3) is 8.13. The van der Waals surface area contributed by atoms with E-state index in [2.05, 4.69) is 35.9 Å². The number of halogens is 1. The molecule has 0 radical (unpaired) electrons. The summed E-state index contributed by atoms with van der Waals surface area (Å²) in [6, 6.07) is 7.53. The molecule has 1 aromatic carbocycles. The summed E-state index contributed by atoms with van der Waals surface area (Å²) in [6.07, 6.45) is 1.10. The first-order chi connectivity index (χ1) is 12.6. The summed E-state index contributed by atoms with van der Waals surface area (Å²) in [5.74, 6) is 1.98. The van der Waals surface area contributed by atoms with Gasteiger partial charge in [-0.05, 0) is 31.4 Å². The third-order valence-corrected chi connectivity index (χ3v) is 4.47. The smallest absolute Gasteiger partial charge is 0.194 e. The monoisotopic (exact) mass is 490 g/mol. The summed E-state index contributed by atoms with van der Waals surface area (Å²) in [5.41, 5.74) is 0.910. The molecule has 1 heterocycles. The van der Waals surface area contributed by atoms with Crippen LogP contribution in [0.15, 0.2) is 29.3 Å². The number of nitrogens with one attached hydrogen (secondary N) is 1. The molecule has 154 valence electrons. The van der Waals surface area contributed by atoms with E-state index in [1.807, 2.05) is 18.2 Å². The van der Waals surface area contributed by atoms with Gasteiger partial charge in [0.1, 0.15) is 5.75 Å². The Kier molecular flexibility index (Phi) is 11.5. The van der Waals surface area contributed by atoms with Gasteiger partial charge in [0.05, 0.1) is 18.8 Å². The Morgan fingerprint density at radius 2 is 1.89 bits per heavy atom. The zero-order valence-corrected chi connectivity index (χ0v) is 19.2. The Bertz CT molecular complexity index is 561. The average Bonchev–Trinajstić information content (AvgIpc) is 2.64. The van der Waals surface area contributed by atoms with E-state index in [0.717, 1.165) is 57.4 Å². The Morgan fingerprint density at radius 3 is 2.52 bits per heavy atom. The summed E-state index contributed by atoms with van der Waals surface area (Å²) in [4.78, 5) is 9.22. The number of nitrogens with zero attached hydrogens (tertiary/aromatic N) is 3. The van der Waals surface area contributed by atoms with E-state index >= 15 is 0 Å². The molecule has 0 saturated carbocycles. The number of anilines is 1. The summed E-state index contributed by atoms with van der Waals surface area (Å²) in [6.45, 7) is 13.0. The fourth-order valence-corrected chi connectivity index (χ4v) is 2.95. The van der Waals surface area contributed by atoms with E-state index in [1.165, 1.54) is 0 Å². The van der Waals surface area contributed by atoms with Crippen molar-refractivity contribution in [2.45, 2.75) is 27.2 Å². The molecule has 1 aliphatic rings. The van der Waals surface area contributed by atoms with Crippen LogP contribution in [0.4, 0.5) is 5.69 Å². The van der Waals surface area contributed by atoms with Gasteiger partial charge in [-0.15, -0.1) is 24.0 Å². The Morgan fingerprint density at radius 1 is 1.19 bits per heavy atom. The van der Waals surface area contributed by atoms with Crippen molar-refractivity contribution in [2.24, 2.45) is 10.9 Å². The molecular weight excluding hydrogens is 455 g/mol. The molecule has 1 fully saturated rings. The van der Waals surface area contributed by atoms with Crippen LogP contribution in [-0.2, 0) is 4.74 Å². The Labute approximate surface area is 181 Å². The van der Waals surface area contributed by atoms with Gasteiger partial charge < -0.3 is 25.0 Å². The molecule has 0 bridgehead atoms. The minimum absolute atomic E-state index is 0. The van der Waals surface area contributed by atoms with Crippen LogP contribution in [0.5, 0.6) is 5.75 Å². The number of rotatable bonds is 8. The van der Waals surface area contributed by atoms with Gasteiger partial charge in [-0.1, -0.05) is 26.0 Å². The normalized spacial score (nSPS) is 15.0. The number of hydrogen-bond donors (Lipinski definition) is 2. The van der Waals surface area contributed by atoms with Gasteiger partial charge in [-0.2, -0.15) is 0 Å². The van der Waals surface area contributed by atoms with E-state index in [0.29, 0.717) is 24.8 Å². The van der Waals surface area contributed by atoms with Crippen molar-refractivity contribution in [3.63, 3.8) is 0 Å². The summed E-state index contributed by atoms with van der Waals surface area (Å²) in [7, 11) is 0. The first kappa shape index (κ1) is 23.8. The van der Waals surface area contributed by atoms with Crippen LogP contribution in [-0.4, -0.2) is 68.4 Å². The largest absolute Gasteiger partial charge is 0.506 e. The second-order valence-electron chi connectivity index (χ2n) is 6.99. The van der Waals surface area contributed by atoms with Crippen LogP contribution in [0.1, 0.15) is 27.2 Å². The molecule has 1 saturated heterocycles. The van der Waals surface area contributed by atoms with E-state index in [4.69, 9.17) is 9.73 Å². The predicted octanol–water partition coefficient (Wildman–Crippen LogP) is 3.16. The molecule has 27 heavy (non-hydrogen) atoms. The lowest BCUT2D eigenvalue weighted by Gasteiger charge is -2.37. The number of phenolic OH excluding ortho intramolecular Hbond substituents is 1. The van der Waals surface area contributed by atoms with Gasteiger partial charge >= 0.3 is 0 Å². The van der Waals surface area contributed by atoms with Gasteiger partial charge in [0.25, 0.3) is 0 Å². The SMILES string of the molecule is CCNC(=NCCOCCC(C)C)N1CCN(c2ccccc2O)CC1.I. The zero-order chi connectivity index (χ0) is 18.8. The number of aromatic hydroxyl groups is 1. The van der Waals surface area contributed by atoms with Crippen molar-refractivity contribution in [3.8, 4) is 5.75 Å². The fourth-order valence-electron chi connectivity index (χ4n) is 2.95. The molecule has 2 N–H and O–H groups in total. The summed E-state index contributed by atoms with van der Waals surface area (Å²) >= 11 is 0. The zero-order valence-electron chi connectivity index (χ0n) is 16.9. The maximum Gasteiger partial charge on any atom is 0.194 e. The quantitative estimate of drug-likeness (QED) is 0.254. The molecule has 1 aromatic rings. The number of ether oxygens (including phenoxy) is 1. The highest BCUT2D eigenvalue weighted by Gasteiger charge is 2.21. The van der Waals surface area contributed by atoms with Crippen LogP contribution in [0.3, 0.4) is 0 Å². The van der Waals surface area contributed by atoms with E-state index < -0.39 is 0 Å². The highest BCUT2D eigenvalue weighted by molar-refractivity contribution is 14.0. The van der Waals surface area contributed by atoms with Crippen molar-refractivity contribution < 1.29 is 9.84 Å². The lowest BCUT2D eigenvalue weighted by Crippen LogP contribution is -2.52. The molecule has 0 aromatic heterocycles. The van der Waals surface area contributed by atoms with Gasteiger partial charge in [0.2, 0.25) is 0 Å². The number of piperazine rings is 1. The van der Waals surface area contributed by atoms with Crippen molar-refractivity contribution >= 4 is 35.6 Å². The van der Waals surface area contributed by atoms with Crippen LogP contribution in [0.2, 0.25) is 0 Å². The first-order valence-corrected chi connectivity index (χ1v) is 9.75. The summed E-state index contributed by atoms with van der Waals surface area (Å²) < 4.78 is 5.66. The maximum absolute atomic E-state index is 10.0. The lowest BCUT2D eigenvalue weighted by molar-refractivity contribution is 0.130. The van der Waals surface area contributed by atoms with Crippen molar-refractivity contribution in [2.75, 3.05) is 57.4 Å². The molecule has 0 aliphatic carbocycles. The highest BCUT2D eigenvalue weighted by atomic mass is 127. The minimum atomic E-state index is 0. The Balaban J connectivity index is 0.00000364. The Hall–Kier alpha value is -1.22. The number of phenols is 1. The number of guanidine groups is 1. The minimum Gasteiger partial charge on any atom is -0.506 e. The second kappa shape index (κ2) is 13.0. The second-order valence-corrected chi connectivity index (χ2v) is 6.99. The molecule has 0 atom stereocenters. The number of aliphatic imine (C=N–C) groups is 1. The number of benzene rings is 1. The predicted molar refractivity (Wildman–Crippen MR) is 124 cm³/mol. The fraction of sp³-hybridized carbons (Fsp3) is 0.650. The standard InChI is InChI=1S/C20H34N4O2.HI/c1-4-21-20(22-10-16-26-15-9-17(2)3)24-13-11-23(12-14-24)18-7-5-6-8-19(18)25;/h5-8,17,25H,4,9-16H2,1-3H3,(H,21,22);1H. The van der Waals surface area contributed by atoms with Gasteiger partial charge in [0.15, 0.2) is 5.96 Å². The molecular formula is C20H35IN4O2. The topological polar surface area (TPSA) is 60.3 Å². The maximum atomic E-state index is 10.0. The third-order valence-electron chi connectivity index (χ3n) is 4.47. The molecule has 0 spiro atoms. The van der Waals surface area contributed by atoms with Crippen LogP contribution >= 0.6 is 24.0 Å². The van der Waals surface area contributed by atoms with Crippen LogP contribution in [0.25, 0.3) is 0 Å². The average molecular weight is 490 g/mol. The van der Waals surface area contributed by atoms with Crippen molar-refractivity contribution in [3.05, 3.63) is 24.3 Å². The van der Waals surface area contributed by atoms with E-state index in [-0.39, 0.29) is 24.0 Å². The lowest BCUT2D eigenvalue weighted by atomic mass is 10.1. The van der Waals surface area contributed by atoms with Gasteiger partial charge in [-0.25, -0.2) is 0 Å². The van der Waals surface area contributed by atoms with Crippen LogP contribution in [0, 0.1) is 5.92 Å². The first-order valence-electron chi connectivity index (χ1n) is 9.75. The molecule has 0 unspecified atom stereocenters. The van der Waals surface area contributed by atoms with E-state index in [1.54, 1.807) is 6.07 Å². The molecule has 6 nitrogen and oxygen atoms in total. The highest BCUT2D eigenvalue weighted by Crippen LogP contribution is 2.27. The van der Waals surface area contributed by atoms with E-state index in [9.17, 15) is 5.11 Å². The van der Waals surface area contributed by atoms with Gasteiger partial charge in [-0.3, -0.25) is 4.99 Å². The summed E-state index contributed by atoms with van der Waals surface area (Å²) in [5, 5.41) is 13.4. The molecule has 0 amide bonds. The number of para-hydroxylation sites is 2. The number of hydrogen-bond acceptors (Lipinski definition) is 4. The molecule has 1 aliphatic heterocycles. The van der Waals surface area contributed by atoms with Crippen molar-refractivity contribution in [1.29, 1.82) is 0 Å². The van der Waals surface area contributed by atoms with Gasteiger partial charge in [0, 0.05) is 39.3 Å². The molecule has 2 rings (SSSR count). The van der Waals surface area contributed by atoms with Crippen LogP contribution < -0.4 is 10.2 Å². The van der Waals surface area contributed by atoms with Crippen molar-refractivity contribution in [1.82, 2.24) is 10.2 Å². The molecule has 7 heteroatoms.